The van der Waals surface area contributed by atoms with Crippen molar-refractivity contribution in [2.75, 3.05) is 25.6 Å². The molecule has 0 aliphatic rings. The fourth-order valence-corrected chi connectivity index (χ4v) is 2.26. The number of amides is 1. The number of ether oxygens (including phenoxy) is 1. The Morgan fingerprint density at radius 3 is 2.56 bits per heavy atom. The third-order valence-electron chi connectivity index (χ3n) is 3.65. The lowest BCUT2D eigenvalue weighted by molar-refractivity contribution is -0.384. The number of non-ortho nitro benzene ring substituents is 1. The Balaban J connectivity index is 2.14. The quantitative estimate of drug-likeness (QED) is 0.437. The van der Waals surface area contributed by atoms with Crippen LogP contribution in [-0.2, 0) is 11.3 Å². The van der Waals surface area contributed by atoms with Gasteiger partial charge >= 0.3 is 0 Å². The Morgan fingerprint density at radius 2 is 1.92 bits per heavy atom. The van der Waals surface area contributed by atoms with Crippen LogP contribution in [0.5, 0.6) is 0 Å². The monoisotopic (exact) mass is 343 g/mol. The van der Waals surface area contributed by atoms with Gasteiger partial charge in [0.05, 0.1) is 17.1 Å². The van der Waals surface area contributed by atoms with E-state index in [1.807, 2.05) is 31.2 Å². The van der Waals surface area contributed by atoms with Crippen molar-refractivity contribution in [3.8, 4) is 0 Å². The molecule has 2 N–H and O–H groups in total. The first-order valence-corrected chi connectivity index (χ1v) is 7.86. The molecule has 7 heteroatoms. The van der Waals surface area contributed by atoms with E-state index in [0.717, 1.165) is 11.1 Å². The molecular weight excluding hydrogens is 322 g/mol. The highest BCUT2D eigenvalue weighted by Gasteiger charge is 2.16. The molecule has 0 atom stereocenters. The van der Waals surface area contributed by atoms with E-state index in [0.29, 0.717) is 25.4 Å². The van der Waals surface area contributed by atoms with Gasteiger partial charge in [0.2, 0.25) is 0 Å². The average molecular weight is 343 g/mol. The maximum atomic E-state index is 12.5. The highest BCUT2D eigenvalue weighted by molar-refractivity contribution is 6.00. The maximum Gasteiger partial charge on any atom is 0.270 e. The van der Waals surface area contributed by atoms with Gasteiger partial charge in [-0.2, -0.15) is 0 Å². The lowest BCUT2D eigenvalue weighted by atomic mass is 10.1. The fraction of sp³-hybridized carbons (Fsp3) is 0.278. The van der Waals surface area contributed by atoms with Gasteiger partial charge in [-0.15, -0.1) is 0 Å². The number of hydrogen-bond donors (Lipinski definition) is 2. The van der Waals surface area contributed by atoms with Crippen LogP contribution in [0.25, 0.3) is 0 Å². The molecular formula is C18H21N3O4. The van der Waals surface area contributed by atoms with Crippen LogP contribution in [0.2, 0.25) is 0 Å². The molecule has 7 nitrogen and oxygen atoms in total. The molecule has 0 saturated heterocycles. The SMILES string of the molecule is COCCNc1ccc([N+](=O)[O-])cc1C(=O)NCc1ccc(C)cc1. The summed E-state index contributed by atoms with van der Waals surface area (Å²) in [6, 6.07) is 12.0. The predicted octanol–water partition coefficient (Wildman–Crippen LogP) is 2.89. The van der Waals surface area contributed by atoms with Crippen molar-refractivity contribution in [2.45, 2.75) is 13.5 Å². The number of nitrogens with one attached hydrogen (secondary N) is 2. The molecule has 0 saturated carbocycles. The van der Waals surface area contributed by atoms with Crippen molar-refractivity contribution in [3.05, 3.63) is 69.3 Å². The van der Waals surface area contributed by atoms with Gasteiger partial charge < -0.3 is 15.4 Å². The van der Waals surface area contributed by atoms with Gasteiger partial charge in [-0.05, 0) is 18.6 Å². The number of methoxy groups -OCH3 is 1. The van der Waals surface area contributed by atoms with Gasteiger partial charge in [0.15, 0.2) is 0 Å². The largest absolute Gasteiger partial charge is 0.383 e. The number of hydrogen-bond acceptors (Lipinski definition) is 5. The van der Waals surface area contributed by atoms with Gasteiger partial charge in [-0.1, -0.05) is 29.8 Å². The molecule has 2 rings (SSSR count). The topological polar surface area (TPSA) is 93.5 Å². The number of benzene rings is 2. The van der Waals surface area contributed by atoms with E-state index in [1.54, 1.807) is 7.11 Å². The number of carbonyl (C=O) groups excluding carboxylic acids is 1. The first kappa shape index (κ1) is 18.4. The van der Waals surface area contributed by atoms with E-state index in [9.17, 15) is 14.9 Å². The van der Waals surface area contributed by atoms with E-state index in [1.165, 1.54) is 18.2 Å². The first-order valence-electron chi connectivity index (χ1n) is 7.86. The molecule has 2 aromatic carbocycles. The Kier molecular flexibility index (Phi) is 6.47. The van der Waals surface area contributed by atoms with Gasteiger partial charge in [-0.25, -0.2) is 0 Å². The minimum Gasteiger partial charge on any atom is -0.383 e. The number of aryl methyl sites for hydroxylation is 1. The Hall–Kier alpha value is -2.93. The van der Waals surface area contributed by atoms with Crippen molar-refractivity contribution in [1.29, 1.82) is 0 Å². The minimum atomic E-state index is -0.518. The molecule has 0 bridgehead atoms. The van der Waals surface area contributed by atoms with Gasteiger partial charge in [-0.3, -0.25) is 14.9 Å². The van der Waals surface area contributed by atoms with Crippen LogP contribution in [0.3, 0.4) is 0 Å². The number of carbonyl (C=O) groups is 1. The highest BCUT2D eigenvalue weighted by atomic mass is 16.6. The average Bonchev–Trinajstić information content (AvgIpc) is 2.61. The number of rotatable bonds is 8. The van der Waals surface area contributed by atoms with E-state index >= 15 is 0 Å². The summed E-state index contributed by atoms with van der Waals surface area (Å²) in [6.07, 6.45) is 0. The number of nitro benzene ring substituents is 1. The summed E-state index contributed by atoms with van der Waals surface area (Å²) >= 11 is 0. The lowest BCUT2D eigenvalue weighted by Crippen LogP contribution is -2.24. The molecule has 0 fully saturated rings. The Morgan fingerprint density at radius 1 is 1.20 bits per heavy atom. The highest BCUT2D eigenvalue weighted by Crippen LogP contribution is 2.22. The van der Waals surface area contributed by atoms with Crippen LogP contribution in [0.1, 0.15) is 21.5 Å². The Labute approximate surface area is 146 Å². The molecule has 25 heavy (non-hydrogen) atoms. The summed E-state index contributed by atoms with van der Waals surface area (Å²) in [5.41, 5.74) is 2.73. The van der Waals surface area contributed by atoms with E-state index < -0.39 is 4.92 Å². The standard InChI is InChI=1S/C18H21N3O4/c1-13-3-5-14(6-4-13)12-20-18(22)16-11-15(21(23)24)7-8-17(16)19-9-10-25-2/h3-8,11,19H,9-10,12H2,1-2H3,(H,20,22). The normalized spacial score (nSPS) is 10.3. The molecule has 0 unspecified atom stereocenters. The van der Waals surface area contributed by atoms with Crippen LogP contribution >= 0.6 is 0 Å². The summed E-state index contributed by atoms with van der Waals surface area (Å²) in [5, 5.41) is 16.8. The molecule has 0 spiro atoms. The number of nitro groups is 1. The van der Waals surface area contributed by atoms with Crippen LogP contribution in [-0.4, -0.2) is 31.1 Å². The van der Waals surface area contributed by atoms with Crippen molar-refractivity contribution in [1.82, 2.24) is 5.32 Å². The molecule has 2 aromatic rings. The zero-order chi connectivity index (χ0) is 18.2. The van der Waals surface area contributed by atoms with Crippen LogP contribution in [0, 0.1) is 17.0 Å². The molecule has 1 amide bonds. The molecule has 132 valence electrons. The molecule has 0 aliphatic heterocycles. The second-order valence-electron chi connectivity index (χ2n) is 5.57. The minimum absolute atomic E-state index is 0.127. The van der Waals surface area contributed by atoms with Crippen LogP contribution in [0.4, 0.5) is 11.4 Å². The zero-order valence-electron chi connectivity index (χ0n) is 14.2. The lowest BCUT2D eigenvalue weighted by Gasteiger charge is -2.12. The second kappa shape index (κ2) is 8.79. The third-order valence-corrected chi connectivity index (χ3v) is 3.65. The fourth-order valence-electron chi connectivity index (χ4n) is 2.26. The molecule has 0 heterocycles. The predicted molar refractivity (Wildman–Crippen MR) is 95.8 cm³/mol. The van der Waals surface area contributed by atoms with E-state index in [2.05, 4.69) is 10.6 Å². The third kappa shape index (κ3) is 5.29. The Bertz CT molecular complexity index is 744. The summed E-state index contributed by atoms with van der Waals surface area (Å²) in [6.45, 7) is 3.29. The molecule has 0 aromatic heterocycles. The smallest absolute Gasteiger partial charge is 0.270 e. The first-order chi connectivity index (χ1) is 12.0. The number of nitrogens with zero attached hydrogens (tertiary/aromatic N) is 1. The van der Waals surface area contributed by atoms with Crippen molar-refractivity contribution >= 4 is 17.3 Å². The van der Waals surface area contributed by atoms with Crippen molar-refractivity contribution in [2.24, 2.45) is 0 Å². The molecule has 0 aliphatic carbocycles. The van der Waals surface area contributed by atoms with Gasteiger partial charge in [0.25, 0.3) is 11.6 Å². The van der Waals surface area contributed by atoms with Gasteiger partial charge in [0, 0.05) is 38.0 Å². The summed E-state index contributed by atoms with van der Waals surface area (Å²) in [4.78, 5) is 23.0. The number of anilines is 1. The van der Waals surface area contributed by atoms with Crippen molar-refractivity contribution < 1.29 is 14.5 Å². The molecule has 0 radical (unpaired) electrons. The second-order valence-corrected chi connectivity index (χ2v) is 5.57. The van der Waals surface area contributed by atoms with E-state index in [4.69, 9.17) is 4.74 Å². The van der Waals surface area contributed by atoms with E-state index in [-0.39, 0.29) is 17.2 Å². The summed E-state index contributed by atoms with van der Waals surface area (Å²) in [7, 11) is 1.58. The van der Waals surface area contributed by atoms with Crippen molar-refractivity contribution in [3.63, 3.8) is 0 Å². The zero-order valence-corrected chi connectivity index (χ0v) is 14.2. The maximum absolute atomic E-state index is 12.5. The van der Waals surface area contributed by atoms with Crippen LogP contribution in [0.15, 0.2) is 42.5 Å². The van der Waals surface area contributed by atoms with Gasteiger partial charge in [0.1, 0.15) is 0 Å². The van der Waals surface area contributed by atoms with Crippen LogP contribution < -0.4 is 10.6 Å². The summed E-state index contributed by atoms with van der Waals surface area (Å²) < 4.78 is 4.97. The summed E-state index contributed by atoms with van der Waals surface area (Å²) in [5.74, 6) is -0.371.